The van der Waals surface area contributed by atoms with Gasteiger partial charge in [-0.15, -0.1) is 0 Å². The lowest BCUT2D eigenvalue weighted by Gasteiger charge is -2.35. The normalized spacial score (nSPS) is 13.5. The molecule has 0 saturated carbocycles. The summed E-state index contributed by atoms with van der Waals surface area (Å²) < 4.78 is 1.74. The third kappa shape index (κ3) is 9.62. The van der Waals surface area contributed by atoms with Crippen LogP contribution in [0.15, 0.2) is 109 Å². The van der Waals surface area contributed by atoms with Gasteiger partial charge in [0.15, 0.2) is 0 Å². The predicted octanol–water partition coefficient (Wildman–Crippen LogP) is 5.88. The predicted molar refractivity (Wildman–Crippen MR) is 223 cm³/mol. The van der Waals surface area contributed by atoms with Crippen molar-refractivity contribution in [1.29, 1.82) is 5.26 Å². The van der Waals surface area contributed by atoms with Crippen molar-refractivity contribution < 1.29 is 14.7 Å². The number of rotatable bonds is 14. The number of piperazine rings is 1. The molecule has 59 heavy (non-hydrogen) atoms. The highest BCUT2D eigenvalue weighted by Gasteiger charge is 2.24. The number of hydrogen-bond acceptors (Lipinski definition) is 12. The number of amides is 1. The average Bonchev–Trinajstić information content (AvgIpc) is 3.94. The molecule has 1 aliphatic heterocycles. The zero-order valence-corrected chi connectivity index (χ0v) is 32.3. The Hall–Kier alpha value is -7.35. The fraction of sp³-hybridized carbons (Fsp3) is 0.190. The van der Waals surface area contributed by atoms with Gasteiger partial charge in [0.2, 0.25) is 17.8 Å². The van der Waals surface area contributed by atoms with Gasteiger partial charge in [0.1, 0.15) is 11.9 Å². The third-order valence-corrected chi connectivity index (χ3v) is 10.0. The van der Waals surface area contributed by atoms with Crippen molar-refractivity contribution in [1.82, 2.24) is 44.5 Å². The van der Waals surface area contributed by atoms with E-state index in [2.05, 4.69) is 56.9 Å². The van der Waals surface area contributed by atoms with Gasteiger partial charge in [0, 0.05) is 67.8 Å². The summed E-state index contributed by atoms with van der Waals surface area (Å²) in [6.45, 7) is 3.53. The first-order valence-electron chi connectivity index (χ1n) is 18.8. The summed E-state index contributed by atoms with van der Waals surface area (Å²) in [5, 5.41) is 33.6. The first-order valence-corrected chi connectivity index (χ1v) is 19.2. The van der Waals surface area contributed by atoms with Gasteiger partial charge in [0.05, 0.1) is 34.9 Å². The number of carbonyl (C=O) groups excluding carboxylic acids is 1. The number of anilines is 4. The Kier molecular flexibility index (Phi) is 11.4. The quantitative estimate of drug-likeness (QED) is 0.0872. The number of nitrogens with zero attached hydrogens (tertiary/aromatic N) is 9. The van der Waals surface area contributed by atoms with Crippen LogP contribution in [-0.2, 0) is 24.3 Å². The van der Waals surface area contributed by atoms with Crippen molar-refractivity contribution in [3.63, 3.8) is 0 Å². The van der Waals surface area contributed by atoms with Crippen molar-refractivity contribution in [2.24, 2.45) is 0 Å². The van der Waals surface area contributed by atoms with Crippen LogP contribution in [-0.4, -0.2) is 93.7 Å². The number of fused-ring (bicyclic) bond motifs is 1. The second kappa shape index (κ2) is 17.4. The fourth-order valence-corrected chi connectivity index (χ4v) is 6.96. The Morgan fingerprint density at radius 1 is 0.864 bits per heavy atom. The second-order valence-corrected chi connectivity index (χ2v) is 14.4. The van der Waals surface area contributed by atoms with Crippen LogP contribution in [0, 0.1) is 11.3 Å². The summed E-state index contributed by atoms with van der Waals surface area (Å²) in [5.74, 6) is -0.0754. The van der Waals surface area contributed by atoms with Gasteiger partial charge >= 0.3 is 5.97 Å². The van der Waals surface area contributed by atoms with Crippen LogP contribution < -0.4 is 16.0 Å². The van der Waals surface area contributed by atoms with E-state index >= 15 is 0 Å². The van der Waals surface area contributed by atoms with Gasteiger partial charge in [-0.2, -0.15) is 25.3 Å². The van der Waals surface area contributed by atoms with E-state index in [1.807, 2.05) is 71.8 Å². The number of hydrogen-bond donors (Lipinski definition) is 5. The molecule has 296 valence electrons. The van der Waals surface area contributed by atoms with E-state index in [-0.39, 0.29) is 36.7 Å². The molecular formula is C42H38ClN13O3. The maximum Gasteiger partial charge on any atom is 0.326 e. The summed E-state index contributed by atoms with van der Waals surface area (Å²) in [6.07, 6.45) is 3.67. The van der Waals surface area contributed by atoms with Gasteiger partial charge in [-0.05, 0) is 77.9 Å². The maximum absolute atomic E-state index is 13.4. The van der Waals surface area contributed by atoms with E-state index in [1.54, 1.807) is 47.3 Å². The molecule has 1 atom stereocenters. The molecule has 5 N–H and O–H groups in total. The van der Waals surface area contributed by atoms with Crippen molar-refractivity contribution in [3.05, 3.63) is 143 Å². The number of aromatic amines is 1. The van der Waals surface area contributed by atoms with Crippen molar-refractivity contribution in [2.45, 2.75) is 25.6 Å². The lowest BCUT2D eigenvalue weighted by atomic mass is 10.0. The molecule has 0 bridgehead atoms. The van der Waals surface area contributed by atoms with Gasteiger partial charge in [0.25, 0.3) is 5.91 Å². The monoisotopic (exact) mass is 807 g/mol. The molecule has 1 saturated heterocycles. The zero-order valence-electron chi connectivity index (χ0n) is 31.6. The summed E-state index contributed by atoms with van der Waals surface area (Å²) in [5.41, 5.74) is 5.97. The number of nitrogens with one attached hydrogen (secondary N) is 4. The Bertz CT molecular complexity index is 2640. The van der Waals surface area contributed by atoms with E-state index in [0.717, 1.165) is 28.0 Å². The molecule has 1 fully saturated rings. The number of aliphatic carboxylic acids is 1. The lowest BCUT2D eigenvalue weighted by molar-refractivity contribution is -0.137. The minimum atomic E-state index is -1.10. The molecule has 7 aromatic rings. The number of aromatic nitrogens is 7. The summed E-state index contributed by atoms with van der Waals surface area (Å²) in [7, 11) is 0. The molecule has 3 aromatic heterocycles. The molecule has 4 heterocycles. The minimum absolute atomic E-state index is 0.00338. The molecule has 0 aliphatic carbocycles. The number of benzene rings is 4. The van der Waals surface area contributed by atoms with Crippen LogP contribution in [0.5, 0.6) is 0 Å². The highest BCUT2D eigenvalue weighted by Crippen LogP contribution is 2.22. The number of carboxylic acid groups (broad SMARTS) is 1. The minimum Gasteiger partial charge on any atom is -0.480 e. The Morgan fingerprint density at radius 3 is 2.44 bits per heavy atom. The highest BCUT2D eigenvalue weighted by atomic mass is 35.5. The van der Waals surface area contributed by atoms with Crippen molar-refractivity contribution >= 4 is 58.0 Å². The largest absolute Gasteiger partial charge is 0.480 e. The first kappa shape index (κ1) is 38.5. The van der Waals surface area contributed by atoms with Crippen LogP contribution in [0.3, 0.4) is 0 Å². The number of nitriles is 1. The standard InChI is InChI=1S/C42H38ClN13O3/c43-31-12-13-34-35(23-31)49-37(48-34)25-45-40-51-41(53-42(52-40)50-36(39(58)59)21-27-8-10-28(24-44)11-9-27)47-32-6-1-4-29(20-32)26-54-16-18-55(19-17-54)38(57)30-5-2-7-33(22-30)56-15-3-14-46-56/h1-15,20,22-23,36H,16-19,21,25-26H2,(H,48,49)(H,58,59)(H3,45,47,50,51,52,53)/t36-/m0/s1. The number of carboxylic acids is 1. The van der Waals surface area contributed by atoms with Gasteiger partial charge in [-0.25, -0.2) is 14.5 Å². The van der Waals surface area contributed by atoms with Crippen LogP contribution in [0.4, 0.5) is 23.5 Å². The molecule has 17 heteroatoms. The molecular weight excluding hydrogens is 770 g/mol. The molecule has 1 amide bonds. The molecule has 16 nitrogen and oxygen atoms in total. The topological polar surface area (TPSA) is 206 Å². The number of H-pyrrole nitrogens is 1. The molecule has 1 aliphatic rings. The summed E-state index contributed by atoms with van der Waals surface area (Å²) in [4.78, 5) is 51.5. The molecule has 4 aromatic carbocycles. The van der Waals surface area contributed by atoms with Gasteiger partial charge < -0.3 is 30.9 Å². The van der Waals surface area contributed by atoms with E-state index < -0.39 is 12.0 Å². The van der Waals surface area contributed by atoms with E-state index in [9.17, 15) is 20.0 Å². The second-order valence-electron chi connectivity index (χ2n) is 13.9. The Morgan fingerprint density at radius 2 is 1.66 bits per heavy atom. The molecule has 0 radical (unpaired) electrons. The maximum atomic E-state index is 13.4. The van der Waals surface area contributed by atoms with Crippen LogP contribution in [0.1, 0.15) is 32.9 Å². The SMILES string of the molecule is N#Cc1ccc(C[C@H](Nc2nc(NCc3nc4cc(Cl)ccc4[nH]3)nc(Nc3cccc(CN4CCN(C(=O)c5cccc(-n6cccn6)c5)CC4)c3)n2)C(=O)O)cc1. The fourth-order valence-electron chi connectivity index (χ4n) is 6.79. The average molecular weight is 808 g/mol. The smallest absolute Gasteiger partial charge is 0.326 e. The van der Waals surface area contributed by atoms with E-state index in [4.69, 9.17) is 11.6 Å². The Labute approximate surface area is 343 Å². The van der Waals surface area contributed by atoms with Gasteiger partial charge in [-0.1, -0.05) is 41.9 Å². The third-order valence-electron chi connectivity index (χ3n) is 9.78. The van der Waals surface area contributed by atoms with E-state index in [1.165, 1.54) is 0 Å². The van der Waals surface area contributed by atoms with Gasteiger partial charge in [-0.3, -0.25) is 9.69 Å². The number of imidazole rings is 1. The van der Waals surface area contributed by atoms with E-state index in [0.29, 0.717) is 60.2 Å². The lowest BCUT2D eigenvalue weighted by Crippen LogP contribution is -2.48. The molecule has 8 rings (SSSR count). The van der Waals surface area contributed by atoms with Crippen molar-refractivity contribution in [2.75, 3.05) is 42.1 Å². The summed E-state index contributed by atoms with van der Waals surface area (Å²) >= 11 is 6.16. The highest BCUT2D eigenvalue weighted by molar-refractivity contribution is 6.31. The molecule has 0 spiro atoms. The molecule has 0 unspecified atom stereocenters. The number of carbonyl (C=O) groups is 2. The van der Waals surface area contributed by atoms with Crippen molar-refractivity contribution in [3.8, 4) is 11.8 Å². The van der Waals surface area contributed by atoms with Crippen LogP contribution in [0.25, 0.3) is 16.7 Å². The number of halogens is 1. The zero-order chi connectivity index (χ0) is 40.7. The first-order chi connectivity index (χ1) is 28.7. The van der Waals surface area contributed by atoms with Crippen LogP contribution in [0.2, 0.25) is 5.02 Å². The summed E-state index contributed by atoms with van der Waals surface area (Å²) in [6, 6.07) is 30.3. The van der Waals surface area contributed by atoms with Crippen LogP contribution >= 0.6 is 11.6 Å². The Balaban J connectivity index is 0.952.